The zero-order valence-corrected chi connectivity index (χ0v) is 15.2. The molecule has 3 saturated heterocycles. The first kappa shape index (κ1) is 19.3. The van der Waals surface area contributed by atoms with Crippen LogP contribution in [0.15, 0.2) is 0 Å². The first-order valence-corrected chi connectivity index (χ1v) is 8.76. The van der Waals surface area contributed by atoms with Crippen molar-refractivity contribution in [3.8, 4) is 0 Å². The lowest BCUT2D eigenvalue weighted by Gasteiger charge is -2.48. The molecule has 0 spiro atoms. The Labute approximate surface area is 150 Å². The van der Waals surface area contributed by atoms with E-state index in [0.29, 0.717) is 44.7 Å². The number of hydrogen-bond acceptors (Lipinski definition) is 4. The molecular weight excluding hydrogens is 332 g/mol. The third-order valence-corrected chi connectivity index (χ3v) is 5.30. The van der Waals surface area contributed by atoms with Gasteiger partial charge in [0.1, 0.15) is 0 Å². The van der Waals surface area contributed by atoms with Crippen LogP contribution in [0.25, 0.3) is 0 Å². The van der Waals surface area contributed by atoms with Gasteiger partial charge in [0.05, 0.1) is 13.2 Å². The number of urea groups is 1. The lowest BCUT2D eigenvalue weighted by Crippen LogP contribution is -2.59. The van der Waals surface area contributed by atoms with Crippen LogP contribution in [0.1, 0.15) is 19.3 Å². The van der Waals surface area contributed by atoms with Gasteiger partial charge in [-0.1, -0.05) is 0 Å². The van der Waals surface area contributed by atoms with Gasteiger partial charge in [-0.3, -0.25) is 4.79 Å². The van der Waals surface area contributed by atoms with Crippen molar-refractivity contribution >= 4 is 24.3 Å². The Balaban J connectivity index is 0.00000208. The highest BCUT2D eigenvalue weighted by Gasteiger charge is 2.40. The molecule has 3 aliphatic heterocycles. The first-order chi connectivity index (χ1) is 11.2. The van der Waals surface area contributed by atoms with Crippen molar-refractivity contribution in [2.45, 2.75) is 25.3 Å². The van der Waals surface area contributed by atoms with E-state index < -0.39 is 0 Å². The average Bonchev–Trinajstić information content (AvgIpc) is 2.60. The Hall–Kier alpha value is -1.05. The summed E-state index contributed by atoms with van der Waals surface area (Å²) < 4.78 is 5.32. The standard InChI is InChI=1S/C16H28N4O3.ClH/c1-17-5-7-20-14-4-6-19(12-13(14)2-3-15(20)21)16(22)18-8-10-23-11-9-18;/h13-14,17H,2-12H2,1H3;1H/t13-,14+;/m0./s1. The van der Waals surface area contributed by atoms with E-state index in [4.69, 9.17) is 4.74 Å². The number of hydrogen-bond donors (Lipinski definition) is 1. The number of ether oxygens (including phenoxy) is 1. The van der Waals surface area contributed by atoms with Crippen LogP contribution in [0.4, 0.5) is 4.79 Å². The van der Waals surface area contributed by atoms with Crippen molar-refractivity contribution in [2.75, 3.05) is 59.5 Å². The molecule has 0 radical (unpaired) electrons. The highest BCUT2D eigenvalue weighted by molar-refractivity contribution is 5.85. The molecule has 2 atom stereocenters. The molecule has 8 heteroatoms. The molecule has 3 aliphatic rings. The summed E-state index contributed by atoms with van der Waals surface area (Å²) in [5.41, 5.74) is 0. The number of halogens is 1. The fourth-order valence-corrected chi connectivity index (χ4v) is 4.00. The fourth-order valence-electron chi connectivity index (χ4n) is 4.00. The molecular formula is C16H29ClN4O3. The molecule has 3 fully saturated rings. The Kier molecular flexibility index (Phi) is 7.13. The zero-order chi connectivity index (χ0) is 16.2. The predicted octanol–water partition coefficient (Wildman–Crippen LogP) is 0.393. The lowest BCUT2D eigenvalue weighted by molar-refractivity contribution is -0.140. The van der Waals surface area contributed by atoms with Crippen LogP contribution >= 0.6 is 12.4 Å². The minimum Gasteiger partial charge on any atom is -0.378 e. The van der Waals surface area contributed by atoms with Gasteiger partial charge >= 0.3 is 6.03 Å². The average molecular weight is 361 g/mol. The third kappa shape index (κ3) is 4.13. The van der Waals surface area contributed by atoms with Gasteiger partial charge in [0, 0.05) is 51.7 Å². The summed E-state index contributed by atoms with van der Waals surface area (Å²) >= 11 is 0. The highest BCUT2D eigenvalue weighted by Crippen LogP contribution is 2.31. The van der Waals surface area contributed by atoms with E-state index in [1.54, 1.807) is 0 Å². The number of likely N-dealkylation sites (tertiary alicyclic amines) is 2. The second-order valence-corrected chi connectivity index (χ2v) is 6.67. The number of likely N-dealkylation sites (N-methyl/N-ethyl adjacent to an activating group) is 1. The smallest absolute Gasteiger partial charge is 0.320 e. The number of morpholine rings is 1. The van der Waals surface area contributed by atoms with E-state index in [9.17, 15) is 9.59 Å². The maximum absolute atomic E-state index is 12.7. The molecule has 0 aromatic heterocycles. The minimum atomic E-state index is 0. The lowest BCUT2D eigenvalue weighted by atomic mass is 9.83. The van der Waals surface area contributed by atoms with Gasteiger partial charge < -0.3 is 24.8 Å². The number of nitrogens with one attached hydrogen (secondary N) is 1. The molecule has 0 aromatic rings. The summed E-state index contributed by atoms with van der Waals surface area (Å²) in [6.45, 7) is 5.78. The van der Waals surface area contributed by atoms with Gasteiger partial charge in [0.25, 0.3) is 0 Å². The Bertz CT molecular complexity index is 445. The normalized spacial score (nSPS) is 27.5. The fraction of sp³-hybridized carbons (Fsp3) is 0.875. The zero-order valence-electron chi connectivity index (χ0n) is 14.4. The molecule has 3 amide bonds. The number of fused-ring (bicyclic) bond motifs is 1. The van der Waals surface area contributed by atoms with Crippen LogP contribution in [0, 0.1) is 5.92 Å². The second-order valence-electron chi connectivity index (χ2n) is 6.67. The van der Waals surface area contributed by atoms with Crippen molar-refractivity contribution < 1.29 is 14.3 Å². The van der Waals surface area contributed by atoms with Crippen molar-refractivity contribution in [3.05, 3.63) is 0 Å². The Morgan fingerprint density at radius 2 is 1.96 bits per heavy atom. The van der Waals surface area contributed by atoms with Crippen LogP contribution in [0.2, 0.25) is 0 Å². The van der Waals surface area contributed by atoms with Crippen LogP contribution in [-0.4, -0.2) is 92.2 Å². The quantitative estimate of drug-likeness (QED) is 0.791. The molecule has 1 N–H and O–H groups in total. The number of rotatable bonds is 3. The summed E-state index contributed by atoms with van der Waals surface area (Å²) in [5.74, 6) is 0.692. The number of piperidine rings is 2. The van der Waals surface area contributed by atoms with Gasteiger partial charge in [0.15, 0.2) is 0 Å². The largest absolute Gasteiger partial charge is 0.378 e. The van der Waals surface area contributed by atoms with Crippen molar-refractivity contribution in [2.24, 2.45) is 5.92 Å². The van der Waals surface area contributed by atoms with Crippen LogP contribution in [0.5, 0.6) is 0 Å². The van der Waals surface area contributed by atoms with E-state index in [-0.39, 0.29) is 24.3 Å². The molecule has 138 valence electrons. The van der Waals surface area contributed by atoms with Crippen molar-refractivity contribution in [1.82, 2.24) is 20.0 Å². The number of carbonyl (C=O) groups is 2. The summed E-state index contributed by atoms with van der Waals surface area (Å²) in [4.78, 5) is 30.8. The highest BCUT2D eigenvalue weighted by atomic mass is 35.5. The van der Waals surface area contributed by atoms with Gasteiger partial charge in [-0.15, -0.1) is 12.4 Å². The van der Waals surface area contributed by atoms with Crippen molar-refractivity contribution in [3.63, 3.8) is 0 Å². The van der Waals surface area contributed by atoms with E-state index in [2.05, 4.69) is 5.32 Å². The topological polar surface area (TPSA) is 65.1 Å². The third-order valence-electron chi connectivity index (χ3n) is 5.30. The van der Waals surface area contributed by atoms with Gasteiger partial charge in [-0.05, 0) is 25.8 Å². The molecule has 0 unspecified atom stereocenters. The summed E-state index contributed by atoms with van der Waals surface area (Å²) in [7, 11) is 1.91. The Morgan fingerprint density at radius 1 is 1.21 bits per heavy atom. The molecule has 0 saturated carbocycles. The molecule has 24 heavy (non-hydrogen) atoms. The number of carbonyl (C=O) groups excluding carboxylic acids is 2. The maximum Gasteiger partial charge on any atom is 0.320 e. The van der Waals surface area contributed by atoms with E-state index in [0.717, 1.165) is 39.0 Å². The summed E-state index contributed by atoms with van der Waals surface area (Å²) in [6.07, 6.45) is 2.42. The second kappa shape index (κ2) is 8.87. The molecule has 0 aliphatic carbocycles. The van der Waals surface area contributed by atoms with Crippen LogP contribution in [-0.2, 0) is 9.53 Å². The van der Waals surface area contributed by atoms with E-state index in [1.165, 1.54) is 0 Å². The minimum absolute atomic E-state index is 0. The Morgan fingerprint density at radius 3 is 2.67 bits per heavy atom. The summed E-state index contributed by atoms with van der Waals surface area (Å²) in [6, 6.07) is 0.448. The predicted molar refractivity (Wildman–Crippen MR) is 93.4 cm³/mol. The van der Waals surface area contributed by atoms with Crippen LogP contribution in [0.3, 0.4) is 0 Å². The number of nitrogens with zero attached hydrogens (tertiary/aromatic N) is 3. The van der Waals surface area contributed by atoms with E-state index in [1.807, 2.05) is 21.7 Å². The van der Waals surface area contributed by atoms with Crippen molar-refractivity contribution in [1.29, 1.82) is 0 Å². The van der Waals surface area contributed by atoms with Gasteiger partial charge in [-0.2, -0.15) is 0 Å². The summed E-state index contributed by atoms with van der Waals surface area (Å²) in [5, 5.41) is 3.12. The molecule has 7 nitrogen and oxygen atoms in total. The van der Waals surface area contributed by atoms with Crippen LogP contribution < -0.4 is 5.32 Å². The van der Waals surface area contributed by atoms with Gasteiger partial charge in [0.2, 0.25) is 5.91 Å². The molecule has 3 rings (SSSR count). The SMILES string of the molecule is CNCCN1C(=O)CC[C@H]2CN(C(=O)N3CCOCC3)CC[C@H]21.Cl. The molecule has 3 heterocycles. The van der Waals surface area contributed by atoms with E-state index >= 15 is 0 Å². The molecule has 0 bridgehead atoms. The first-order valence-electron chi connectivity index (χ1n) is 8.76. The monoisotopic (exact) mass is 360 g/mol. The molecule has 0 aromatic carbocycles. The maximum atomic E-state index is 12.7. The number of amides is 3. The van der Waals surface area contributed by atoms with Gasteiger partial charge in [-0.25, -0.2) is 4.79 Å².